The van der Waals surface area contributed by atoms with Crippen molar-refractivity contribution in [2.45, 2.75) is 25.8 Å². The number of alkyl halides is 5. The molecule has 30 heavy (non-hydrogen) atoms. The Balaban J connectivity index is 1.84. The molecule has 0 aliphatic heterocycles. The number of carbonyl (C=O) groups is 1. The highest BCUT2D eigenvalue weighted by atomic mass is 19.4. The largest absolute Gasteiger partial charge is 0.493 e. The Morgan fingerprint density at radius 3 is 2.30 bits per heavy atom. The molecule has 0 aliphatic rings. The molecule has 1 N–H and O–H groups in total. The normalized spacial score (nSPS) is 11.4. The van der Waals surface area contributed by atoms with Gasteiger partial charge < -0.3 is 19.5 Å². The molecule has 0 aliphatic carbocycles. The minimum absolute atomic E-state index is 0.0975. The molecule has 0 spiro atoms. The summed E-state index contributed by atoms with van der Waals surface area (Å²) in [4.78, 5) is 12.2. The molecular formula is C20H20F5NO4. The van der Waals surface area contributed by atoms with Gasteiger partial charge in [-0.15, -0.1) is 0 Å². The zero-order chi connectivity index (χ0) is 22.1. The van der Waals surface area contributed by atoms with E-state index in [0.29, 0.717) is 23.1 Å². The van der Waals surface area contributed by atoms with Crippen LogP contribution in [-0.2, 0) is 17.8 Å². The van der Waals surface area contributed by atoms with Crippen LogP contribution in [0.1, 0.15) is 21.5 Å². The fourth-order valence-corrected chi connectivity index (χ4v) is 2.52. The maximum absolute atomic E-state index is 12.5. The van der Waals surface area contributed by atoms with Gasteiger partial charge in [0.2, 0.25) is 0 Å². The molecule has 164 valence electrons. The van der Waals surface area contributed by atoms with Crippen molar-refractivity contribution >= 4 is 5.91 Å². The van der Waals surface area contributed by atoms with E-state index in [1.165, 1.54) is 43.5 Å². The standard InChI is InChI=1S/C20H20F5NO4/c1-28-16-7-4-13(10-17(16)30-19(21)22)8-9-26-18(27)15-5-2-14(3-6-15)11-29-12-20(23,24)25/h2-7,10,19H,8-9,11-12H2,1H3,(H,26,27). The highest BCUT2D eigenvalue weighted by molar-refractivity contribution is 5.94. The third kappa shape index (κ3) is 7.86. The summed E-state index contributed by atoms with van der Waals surface area (Å²) in [6, 6.07) is 10.5. The van der Waals surface area contributed by atoms with Crippen LogP contribution in [-0.4, -0.2) is 39.0 Å². The summed E-state index contributed by atoms with van der Waals surface area (Å²) < 4.78 is 75.1. The minimum Gasteiger partial charge on any atom is -0.493 e. The van der Waals surface area contributed by atoms with Gasteiger partial charge in [-0.05, 0) is 41.8 Å². The predicted molar refractivity (Wildman–Crippen MR) is 97.8 cm³/mol. The van der Waals surface area contributed by atoms with Crippen LogP contribution in [0.4, 0.5) is 22.0 Å². The van der Waals surface area contributed by atoms with Crippen molar-refractivity contribution in [3.05, 3.63) is 59.2 Å². The predicted octanol–water partition coefficient (Wildman–Crippen LogP) is 4.35. The molecule has 2 aromatic rings. The lowest BCUT2D eigenvalue weighted by atomic mass is 10.1. The summed E-state index contributed by atoms with van der Waals surface area (Å²) >= 11 is 0. The number of nitrogens with one attached hydrogen (secondary N) is 1. The molecule has 0 bridgehead atoms. The van der Waals surface area contributed by atoms with Crippen molar-refractivity contribution < 1.29 is 41.0 Å². The number of amides is 1. The molecule has 0 atom stereocenters. The molecule has 0 aromatic heterocycles. The first-order valence-electron chi connectivity index (χ1n) is 8.81. The van der Waals surface area contributed by atoms with E-state index in [0.717, 1.165) is 0 Å². The average molecular weight is 433 g/mol. The van der Waals surface area contributed by atoms with Crippen LogP contribution in [0, 0.1) is 0 Å². The van der Waals surface area contributed by atoms with Gasteiger partial charge in [-0.25, -0.2) is 0 Å². The maximum Gasteiger partial charge on any atom is 0.411 e. The number of carbonyl (C=O) groups excluding carboxylic acids is 1. The highest BCUT2D eigenvalue weighted by Crippen LogP contribution is 2.29. The molecule has 2 aromatic carbocycles. The molecule has 0 heterocycles. The van der Waals surface area contributed by atoms with Gasteiger partial charge in [0.15, 0.2) is 11.5 Å². The van der Waals surface area contributed by atoms with E-state index < -0.39 is 19.4 Å². The zero-order valence-corrected chi connectivity index (χ0v) is 16.0. The Labute approximate surface area is 169 Å². The second-order valence-corrected chi connectivity index (χ2v) is 6.17. The summed E-state index contributed by atoms with van der Waals surface area (Å²) in [5.74, 6) is -0.308. The Morgan fingerprint density at radius 2 is 1.70 bits per heavy atom. The third-order valence-corrected chi connectivity index (χ3v) is 3.89. The van der Waals surface area contributed by atoms with E-state index in [-0.39, 0.29) is 30.6 Å². The van der Waals surface area contributed by atoms with Crippen LogP contribution in [0.25, 0.3) is 0 Å². The molecule has 2 rings (SSSR count). The van der Waals surface area contributed by atoms with Gasteiger partial charge in [-0.2, -0.15) is 22.0 Å². The number of rotatable bonds is 10. The van der Waals surface area contributed by atoms with Gasteiger partial charge >= 0.3 is 12.8 Å². The minimum atomic E-state index is -4.39. The fourth-order valence-electron chi connectivity index (χ4n) is 2.52. The van der Waals surface area contributed by atoms with Gasteiger partial charge in [0.25, 0.3) is 5.91 Å². The molecule has 0 radical (unpaired) electrons. The van der Waals surface area contributed by atoms with Crippen LogP contribution in [0.3, 0.4) is 0 Å². The number of methoxy groups -OCH3 is 1. The van der Waals surface area contributed by atoms with Crippen molar-refractivity contribution in [3.8, 4) is 11.5 Å². The van der Waals surface area contributed by atoms with Crippen LogP contribution in [0.15, 0.2) is 42.5 Å². The third-order valence-electron chi connectivity index (χ3n) is 3.89. The Bertz CT molecular complexity index is 825. The molecule has 0 fully saturated rings. The van der Waals surface area contributed by atoms with E-state index in [1.807, 2.05) is 0 Å². The number of benzene rings is 2. The van der Waals surface area contributed by atoms with E-state index in [9.17, 15) is 26.7 Å². The zero-order valence-electron chi connectivity index (χ0n) is 16.0. The van der Waals surface area contributed by atoms with Gasteiger partial charge in [-0.3, -0.25) is 4.79 Å². The van der Waals surface area contributed by atoms with Crippen molar-refractivity contribution in [1.82, 2.24) is 5.32 Å². The quantitative estimate of drug-likeness (QED) is 0.566. The van der Waals surface area contributed by atoms with Crippen molar-refractivity contribution in [2.24, 2.45) is 0 Å². The number of halogens is 5. The van der Waals surface area contributed by atoms with E-state index >= 15 is 0 Å². The van der Waals surface area contributed by atoms with Crippen LogP contribution in [0.2, 0.25) is 0 Å². The summed E-state index contributed by atoms with van der Waals surface area (Å²) in [6.45, 7) is -4.32. The average Bonchev–Trinajstić information content (AvgIpc) is 2.67. The van der Waals surface area contributed by atoms with E-state index in [2.05, 4.69) is 14.8 Å². The second-order valence-electron chi connectivity index (χ2n) is 6.17. The van der Waals surface area contributed by atoms with Crippen molar-refractivity contribution in [3.63, 3.8) is 0 Å². The lowest BCUT2D eigenvalue weighted by molar-refractivity contribution is -0.176. The molecule has 1 amide bonds. The van der Waals surface area contributed by atoms with E-state index in [4.69, 9.17) is 4.74 Å². The second kappa shape index (κ2) is 10.8. The first-order chi connectivity index (χ1) is 14.2. The molecule has 0 saturated carbocycles. The van der Waals surface area contributed by atoms with E-state index in [1.54, 1.807) is 6.07 Å². The molecule has 0 saturated heterocycles. The SMILES string of the molecule is COc1ccc(CCNC(=O)c2ccc(COCC(F)(F)F)cc2)cc1OC(F)F. The van der Waals surface area contributed by atoms with Gasteiger partial charge in [0, 0.05) is 12.1 Å². The topological polar surface area (TPSA) is 56.8 Å². The summed E-state index contributed by atoms with van der Waals surface area (Å²) in [6.07, 6.45) is -4.03. The monoisotopic (exact) mass is 433 g/mol. The van der Waals surface area contributed by atoms with Crippen LogP contribution < -0.4 is 14.8 Å². The lowest BCUT2D eigenvalue weighted by Gasteiger charge is -2.12. The summed E-state index contributed by atoms with van der Waals surface area (Å²) in [7, 11) is 1.33. The van der Waals surface area contributed by atoms with Crippen molar-refractivity contribution in [2.75, 3.05) is 20.3 Å². The first kappa shape index (κ1) is 23.4. The number of hydrogen-bond donors (Lipinski definition) is 1. The molecule has 10 heteroatoms. The Morgan fingerprint density at radius 1 is 1.03 bits per heavy atom. The Kier molecular flexibility index (Phi) is 8.40. The van der Waals surface area contributed by atoms with Crippen molar-refractivity contribution in [1.29, 1.82) is 0 Å². The molecule has 5 nitrogen and oxygen atoms in total. The van der Waals surface area contributed by atoms with Gasteiger partial charge in [-0.1, -0.05) is 18.2 Å². The van der Waals surface area contributed by atoms with Crippen LogP contribution >= 0.6 is 0 Å². The smallest absolute Gasteiger partial charge is 0.411 e. The summed E-state index contributed by atoms with van der Waals surface area (Å²) in [5.41, 5.74) is 1.48. The number of hydrogen-bond acceptors (Lipinski definition) is 4. The first-order valence-corrected chi connectivity index (χ1v) is 8.81. The maximum atomic E-state index is 12.5. The summed E-state index contributed by atoms with van der Waals surface area (Å²) in [5, 5.41) is 2.68. The highest BCUT2D eigenvalue weighted by Gasteiger charge is 2.27. The molecular weight excluding hydrogens is 413 g/mol. The lowest BCUT2D eigenvalue weighted by Crippen LogP contribution is -2.25. The van der Waals surface area contributed by atoms with Gasteiger partial charge in [0.05, 0.1) is 13.7 Å². The molecule has 0 unspecified atom stereocenters. The van der Waals surface area contributed by atoms with Gasteiger partial charge in [0.1, 0.15) is 6.61 Å². The number of ether oxygens (including phenoxy) is 3. The fraction of sp³-hybridized carbons (Fsp3) is 0.350. The van der Waals surface area contributed by atoms with Crippen LogP contribution in [0.5, 0.6) is 11.5 Å². The Hall–Kier alpha value is -2.88.